The molecule has 0 unspecified atom stereocenters. The SMILES string of the molecule is CC(C)(C)O.Cc1ncc(-c2cc(F)cc(F)c2F)c(N2CCC(C)(C)CC2)c1CC(=O)O. The zero-order chi connectivity index (χ0) is 25.1. The molecule has 0 bridgehead atoms. The molecule has 0 spiro atoms. The van der Waals surface area contributed by atoms with Gasteiger partial charge in [0.05, 0.1) is 17.7 Å². The van der Waals surface area contributed by atoms with Crippen molar-refractivity contribution in [3.63, 3.8) is 0 Å². The Labute approximate surface area is 193 Å². The summed E-state index contributed by atoms with van der Waals surface area (Å²) in [4.78, 5) is 17.6. The quantitative estimate of drug-likeness (QED) is 0.582. The fraction of sp³-hybridized carbons (Fsp3) is 0.520. The topological polar surface area (TPSA) is 73.7 Å². The fourth-order valence-corrected chi connectivity index (χ4v) is 3.64. The first-order chi connectivity index (χ1) is 15.1. The lowest BCUT2D eigenvalue weighted by atomic mass is 9.82. The number of hydrogen-bond acceptors (Lipinski definition) is 4. The first kappa shape index (κ1) is 26.6. The molecule has 33 heavy (non-hydrogen) atoms. The highest BCUT2D eigenvalue weighted by molar-refractivity contribution is 5.84. The van der Waals surface area contributed by atoms with Gasteiger partial charge in [0.25, 0.3) is 0 Å². The minimum absolute atomic E-state index is 0.141. The van der Waals surface area contributed by atoms with Crippen LogP contribution in [0.3, 0.4) is 0 Å². The van der Waals surface area contributed by atoms with Gasteiger partial charge in [0.2, 0.25) is 0 Å². The average Bonchev–Trinajstić information content (AvgIpc) is 2.65. The monoisotopic (exact) mass is 466 g/mol. The zero-order valence-corrected chi connectivity index (χ0v) is 20.1. The van der Waals surface area contributed by atoms with Crippen LogP contribution in [0.4, 0.5) is 18.9 Å². The second kappa shape index (κ2) is 10.1. The first-order valence-corrected chi connectivity index (χ1v) is 10.9. The second-order valence-corrected chi connectivity index (χ2v) is 10.2. The highest BCUT2D eigenvalue weighted by Gasteiger charge is 2.30. The van der Waals surface area contributed by atoms with Gasteiger partial charge < -0.3 is 15.1 Å². The van der Waals surface area contributed by atoms with Crippen LogP contribution in [0.5, 0.6) is 0 Å². The number of aliphatic carboxylic acids is 1. The van der Waals surface area contributed by atoms with E-state index in [1.807, 2.05) is 4.90 Å². The summed E-state index contributed by atoms with van der Waals surface area (Å²) in [5.74, 6) is -4.42. The number of aryl methyl sites for hydroxylation is 1. The minimum atomic E-state index is -1.29. The highest BCUT2D eigenvalue weighted by atomic mass is 19.2. The van der Waals surface area contributed by atoms with Crippen molar-refractivity contribution in [2.45, 2.75) is 66.4 Å². The molecule has 0 aliphatic carbocycles. The van der Waals surface area contributed by atoms with Gasteiger partial charge in [-0.15, -0.1) is 0 Å². The fourth-order valence-electron chi connectivity index (χ4n) is 3.64. The number of aliphatic hydroxyl groups is 1. The van der Waals surface area contributed by atoms with E-state index in [9.17, 15) is 23.1 Å². The molecule has 2 heterocycles. The number of benzene rings is 1. The van der Waals surface area contributed by atoms with Crippen molar-refractivity contribution in [1.29, 1.82) is 0 Å². The van der Waals surface area contributed by atoms with E-state index in [-0.39, 0.29) is 23.0 Å². The molecule has 0 amide bonds. The van der Waals surface area contributed by atoms with Crippen LogP contribution in [0.2, 0.25) is 0 Å². The van der Waals surface area contributed by atoms with E-state index >= 15 is 0 Å². The summed E-state index contributed by atoms with van der Waals surface area (Å²) in [5.41, 5.74) is 1.03. The van der Waals surface area contributed by atoms with E-state index in [0.717, 1.165) is 18.9 Å². The normalized spacial score (nSPS) is 15.6. The predicted molar refractivity (Wildman–Crippen MR) is 123 cm³/mol. The number of carboxylic acids is 1. The van der Waals surface area contributed by atoms with Gasteiger partial charge in [-0.2, -0.15) is 0 Å². The van der Waals surface area contributed by atoms with Crippen LogP contribution in [-0.2, 0) is 11.2 Å². The van der Waals surface area contributed by atoms with Crippen LogP contribution in [0.15, 0.2) is 18.3 Å². The smallest absolute Gasteiger partial charge is 0.307 e. The molecule has 1 aliphatic heterocycles. The van der Waals surface area contributed by atoms with Gasteiger partial charge in [-0.25, -0.2) is 13.2 Å². The molecule has 0 atom stereocenters. The molecule has 0 radical (unpaired) electrons. The number of anilines is 1. The standard InChI is InChI=1S/C21H23F3N2O2.C4H10O/c1-12-14(10-18(27)28)20(26-6-4-21(2,3)5-7-26)16(11-25-12)15-8-13(22)9-17(23)19(15)24;1-4(2,3)5/h8-9,11H,4-7,10H2,1-3H3,(H,27,28);5H,1-3H3. The molecule has 182 valence electrons. The van der Waals surface area contributed by atoms with Crippen LogP contribution >= 0.6 is 0 Å². The van der Waals surface area contributed by atoms with Crippen molar-refractivity contribution in [1.82, 2.24) is 4.98 Å². The van der Waals surface area contributed by atoms with Crippen molar-refractivity contribution in [2.75, 3.05) is 18.0 Å². The molecule has 2 N–H and O–H groups in total. The summed E-state index contributed by atoms with van der Waals surface area (Å²) in [7, 11) is 0. The third-order valence-electron chi connectivity index (χ3n) is 5.41. The first-order valence-electron chi connectivity index (χ1n) is 10.9. The number of pyridine rings is 1. The Morgan fingerprint density at radius 2 is 1.67 bits per heavy atom. The average molecular weight is 467 g/mol. The third-order valence-corrected chi connectivity index (χ3v) is 5.41. The molecule has 1 aliphatic rings. The van der Waals surface area contributed by atoms with Crippen molar-refractivity contribution >= 4 is 11.7 Å². The van der Waals surface area contributed by atoms with E-state index in [1.54, 1.807) is 27.7 Å². The number of nitrogens with zero attached hydrogens (tertiary/aromatic N) is 2. The summed E-state index contributed by atoms with van der Waals surface area (Å²) in [5, 5.41) is 17.9. The number of piperidine rings is 1. The van der Waals surface area contributed by atoms with Crippen molar-refractivity contribution in [3.8, 4) is 11.1 Å². The summed E-state index contributed by atoms with van der Waals surface area (Å²) in [6.45, 7) is 12.5. The van der Waals surface area contributed by atoms with Gasteiger partial charge in [-0.1, -0.05) is 13.8 Å². The van der Waals surface area contributed by atoms with Gasteiger partial charge >= 0.3 is 5.97 Å². The maximum absolute atomic E-state index is 14.5. The van der Waals surface area contributed by atoms with Crippen molar-refractivity contribution < 1.29 is 28.2 Å². The van der Waals surface area contributed by atoms with Crippen LogP contribution in [0.25, 0.3) is 11.1 Å². The Hall–Kier alpha value is -2.61. The second-order valence-electron chi connectivity index (χ2n) is 10.2. The predicted octanol–water partition coefficient (Wildman–Crippen LogP) is 5.51. The van der Waals surface area contributed by atoms with Crippen LogP contribution in [-0.4, -0.2) is 39.9 Å². The summed E-state index contributed by atoms with van der Waals surface area (Å²) in [6.07, 6.45) is 2.79. The summed E-state index contributed by atoms with van der Waals surface area (Å²) >= 11 is 0. The Morgan fingerprint density at radius 1 is 1.12 bits per heavy atom. The van der Waals surface area contributed by atoms with E-state index in [4.69, 9.17) is 5.11 Å². The lowest BCUT2D eigenvalue weighted by molar-refractivity contribution is -0.136. The Bertz CT molecular complexity index is 1000. The van der Waals surface area contributed by atoms with E-state index in [0.29, 0.717) is 36.1 Å². The van der Waals surface area contributed by atoms with Crippen molar-refractivity contribution in [2.24, 2.45) is 5.41 Å². The van der Waals surface area contributed by atoms with Gasteiger partial charge in [0, 0.05) is 47.7 Å². The van der Waals surface area contributed by atoms with Crippen LogP contribution in [0, 0.1) is 29.8 Å². The molecule has 2 aromatic rings. The van der Waals surface area contributed by atoms with Crippen molar-refractivity contribution in [3.05, 3.63) is 47.0 Å². The molecule has 1 aromatic heterocycles. The largest absolute Gasteiger partial charge is 0.481 e. The molecule has 5 nitrogen and oxygen atoms in total. The van der Waals surface area contributed by atoms with E-state index in [2.05, 4.69) is 18.8 Å². The highest BCUT2D eigenvalue weighted by Crippen LogP contribution is 2.41. The van der Waals surface area contributed by atoms with Crippen LogP contribution < -0.4 is 4.90 Å². The molecular formula is C25H33F3N2O3. The Balaban J connectivity index is 0.000000696. The Kier molecular flexibility index (Phi) is 8.17. The summed E-state index contributed by atoms with van der Waals surface area (Å²) < 4.78 is 42.2. The zero-order valence-electron chi connectivity index (χ0n) is 20.1. The van der Waals surface area contributed by atoms with E-state index in [1.165, 1.54) is 6.20 Å². The molecule has 8 heteroatoms. The van der Waals surface area contributed by atoms with Gasteiger partial charge in [-0.3, -0.25) is 9.78 Å². The lowest BCUT2D eigenvalue weighted by Gasteiger charge is -2.40. The number of halogens is 3. The lowest BCUT2D eigenvalue weighted by Crippen LogP contribution is -2.38. The third kappa shape index (κ3) is 7.45. The number of carbonyl (C=O) groups is 1. The number of carboxylic acid groups (broad SMARTS) is 1. The molecule has 3 rings (SSSR count). The van der Waals surface area contributed by atoms with E-state index < -0.39 is 29.0 Å². The number of aromatic nitrogens is 1. The Morgan fingerprint density at radius 3 is 2.18 bits per heavy atom. The molecule has 1 saturated heterocycles. The molecule has 1 fully saturated rings. The van der Waals surface area contributed by atoms with Gasteiger partial charge in [-0.05, 0) is 52.0 Å². The minimum Gasteiger partial charge on any atom is -0.481 e. The van der Waals surface area contributed by atoms with Crippen LogP contribution in [0.1, 0.15) is 58.7 Å². The molecule has 1 aromatic carbocycles. The maximum Gasteiger partial charge on any atom is 0.307 e. The summed E-state index contributed by atoms with van der Waals surface area (Å²) in [6, 6.07) is 1.41. The maximum atomic E-state index is 14.5. The van der Waals surface area contributed by atoms with Gasteiger partial charge in [0.15, 0.2) is 11.6 Å². The number of rotatable bonds is 4. The van der Waals surface area contributed by atoms with Gasteiger partial charge in [0.1, 0.15) is 5.82 Å². The molecule has 0 saturated carbocycles. The molecular weight excluding hydrogens is 433 g/mol. The number of hydrogen-bond donors (Lipinski definition) is 2.